The molecule has 1 aromatic heterocycles. The maximum atomic E-state index is 13.2. The van der Waals surface area contributed by atoms with E-state index in [4.69, 9.17) is 21.1 Å². The first-order valence-corrected chi connectivity index (χ1v) is 8.45. The van der Waals surface area contributed by atoms with Crippen molar-refractivity contribution in [3.8, 4) is 11.5 Å². The molecule has 0 saturated carbocycles. The van der Waals surface area contributed by atoms with Crippen molar-refractivity contribution in [3.05, 3.63) is 83.0 Å². The quantitative estimate of drug-likeness (QED) is 0.674. The molecule has 1 N–H and O–H groups in total. The fourth-order valence-corrected chi connectivity index (χ4v) is 2.90. The second-order valence-corrected chi connectivity index (χ2v) is 6.21. The van der Waals surface area contributed by atoms with Crippen LogP contribution in [0.15, 0.2) is 66.9 Å². The molecule has 5 nitrogen and oxygen atoms in total. The lowest BCUT2D eigenvalue weighted by atomic mass is 9.97. The number of ketones is 1. The largest absolute Gasteiger partial charge is 0.454 e. The topological polar surface area (TPSA) is 60.5 Å². The molecule has 0 bridgehead atoms. The first-order valence-electron chi connectivity index (χ1n) is 8.07. The van der Waals surface area contributed by atoms with Crippen molar-refractivity contribution in [1.82, 2.24) is 4.98 Å². The molecule has 1 unspecified atom stereocenters. The van der Waals surface area contributed by atoms with Crippen molar-refractivity contribution >= 4 is 23.2 Å². The Labute approximate surface area is 155 Å². The molecule has 6 heteroatoms. The van der Waals surface area contributed by atoms with Crippen LogP contribution in [-0.4, -0.2) is 17.6 Å². The summed E-state index contributed by atoms with van der Waals surface area (Å²) in [5.74, 6) is 1.81. The molecule has 1 aliphatic rings. The van der Waals surface area contributed by atoms with Crippen molar-refractivity contribution in [2.45, 2.75) is 6.04 Å². The molecule has 4 rings (SSSR count). The number of benzene rings is 2. The molecular weight excluding hydrogens is 352 g/mol. The SMILES string of the molecule is O=C(c1ccc(Cl)cc1)C(Nc1ccccn1)c1ccc2c(c1)OCO2. The van der Waals surface area contributed by atoms with Crippen molar-refractivity contribution in [1.29, 1.82) is 0 Å². The van der Waals surface area contributed by atoms with Gasteiger partial charge >= 0.3 is 0 Å². The van der Waals surface area contributed by atoms with Crippen LogP contribution in [0.1, 0.15) is 22.0 Å². The fraction of sp³-hybridized carbons (Fsp3) is 0.100. The molecule has 0 aliphatic carbocycles. The first kappa shape index (κ1) is 16.4. The van der Waals surface area contributed by atoms with Crippen LogP contribution in [-0.2, 0) is 0 Å². The third-order valence-electron chi connectivity index (χ3n) is 4.08. The first-order chi connectivity index (χ1) is 12.7. The van der Waals surface area contributed by atoms with Gasteiger partial charge < -0.3 is 14.8 Å². The molecule has 0 saturated heterocycles. The molecule has 0 amide bonds. The van der Waals surface area contributed by atoms with Crippen LogP contribution in [0.2, 0.25) is 5.02 Å². The smallest absolute Gasteiger partial charge is 0.231 e. The highest BCUT2D eigenvalue weighted by Gasteiger charge is 2.25. The minimum absolute atomic E-state index is 0.0915. The van der Waals surface area contributed by atoms with E-state index in [-0.39, 0.29) is 12.6 Å². The van der Waals surface area contributed by atoms with Crippen LogP contribution in [0.25, 0.3) is 0 Å². The lowest BCUT2D eigenvalue weighted by Crippen LogP contribution is -2.21. The molecule has 0 radical (unpaired) electrons. The Bertz CT molecular complexity index is 930. The molecule has 1 atom stereocenters. The van der Waals surface area contributed by atoms with Crippen LogP contribution in [0.4, 0.5) is 5.82 Å². The van der Waals surface area contributed by atoms with Crippen molar-refractivity contribution in [2.75, 3.05) is 12.1 Å². The highest BCUT2D eigenvalue weighted by Crippen LogP contribution is 2.35. The summed E-state index contributed by atoms with van der Waals surface area (Å²) in [7, 11) is 0. The Kier molecular flexibility index (Phi) is 4.46. The normalized spacial score (nSPS) is 13.3. The van der Waals surface area contributed by atoms with E-state index in [0.29, 0.717) is 27.9 Å². The second kappa shape index (κ2) is 7.06. The van der Waals surface area contributed by atoms with Gasteiger partial charge in [-0.25, -0.2) is 4.98 Å². The Morgan fingerprint density at radius 1 is 1.04 bits per heavy atom. The Morgan fingerprint density at radius 2 is 1.85 bits per heavy atom. The number of halogens is 1. The van der Waals surface area contributed by atoms with E-state index in [1.807, 2.05) is 30.3 Å². The van der Waals surface area contributed by atoms with E-state index in [1.165, 1.54) is 0 Å². The van der Waals surface area contributed by atoms with Crippen molar-refractivity contribution in [3.63, 3.8) is 0 Å². The zero-order valence-electron chi connectivity index (χ0n) is 13.7. The Morgan fingerprint density at radius 3 is 2.62 bits per heavy atom. The van der Waals surface area contributed by atoms with E-state index >= 15 is 0 Å². The Hall–Kier alpha value is -3.05. The number of hydrogen-bond acceptors (Lipinski definition) is 5. The number of aromatic nitrogens is 1. The number of pyridine rings is 1. The summed E-state index contributed by atoms with van der Waals surface area (Å²) in [6, 6.07) is 17.2. The maximum Gasteiger partial charge on any atom is 0.231 e. The van der Waals surface area contributed by atoms with Gasteiger partial charge in [0, 0.05) is 16.8 Å². The monoisotopic (exact) mass is 366 g/mol. The maximum absolute atomic E-state index is 13.2. The minimum Gasteiger partial charge on any atom is -0.454 e. The molecule has 2 heterocycles. The van der Waals surface area contributed by atoms with E-state index in [9.17, 15) is 4.79 Å². The molecule has 0 fully saturated rings. The molecule has 2 aromatic carbocycles. The number of ether oxygens (including phenoxy) is 2. The minimum atomic E-state index is -0.624. The van der Waals surface area contributed by atoms with Gasteiger partial charge in [-0.2, -0.15) is 0 Å². The third kappa shape index (κ3) is 3.34. The van der Waals surface area contributed by atoms with Crippen molar-refractivity contribution in [2.24, 2.45) is 0 Å². The van der Waals surface area contributed by atoms with E-state index in [2.05, 4.69) is 10.3 Å². The van der Waals surface area contributed by atoms with Gasteiger partial charge in [-0.05, 0) is 54.1 Å². The second-order valence-electron chi connectivity index (χ2n) is 5.78. The predicted octanol–water partition coefficient (Wildman–Crippen LogP) is 4.50. The highest BCUT2D eigenvalue weighted by molar-refractivity contribution is 6.30. The predicted molar refractivity (Wildman–Crippen MR) is 98.9 cm³/mol. The summed E-state index contributed by atoms with van der Waals surface area (Å²) in [4.78, 5) is 17.4. The van der Waals surface area contributed by atoms with Crippen molar-refractivity contribution < 1.29 is 14.3 Å². The molecule has 130 valence electrons. The Balaban J connectivity index is 1.71. The van der Waals surface area contributed by atoms with Gasteiger partial charge in [-0.1, -0.05) is 23.7 Å². The molecular formula is C20H15ClN2O3. The molecule has 3 aromatic rings. The summed E-state index contributed by atoms with van der Waals surface area (Å²) in [5.41, 5.74) is 1.32. The number of fused-ring (bicyclic) bond motifs is 1. The number of nitrogens with zero attached hydrogens (tertiary/aromatic N) is 1. The van der Waals surface area contributed by atoms with Gasteiger partial charge in [-0.15, -0.1) is 0 Å². The van der Waals surface area contributed by atoms with Crippen LogP contribution < -0.4 is 14.8 Å². The van der Waals surface area contributed by atoms with Crippen LogP contribution >= 0.6 is 11.6 Å². The van der Waals surface area contributed by atoms with Crippen LogP contribution in [0, 0.1) is 0 Å². The summed E-state index contributed by atoms with van der Waals surface area (Å²) in [5, 5.41) is 3.79. The average Bonchev–Trinajstić information content (AvgIpc) is 3.15. The lowest BCUT2D eigenvalue weighted by Gasteiger charge is -2.19. The van der Waals surface area contributed by atoms with Gasteiger partial charge in [0.25, 0.3) is 0 Å². The molecule has 0 spiro atoms. The summed E-state index contributed by atoms with van der Waals surface area (Å²) < 4.78 is 10.8. The van der Waals surface area contributed by atoms with Gasteiger partial charge in [0.1, 0.15) is 11.9 Å². The van der Waals surface area contributed by atoms with Gasteiger partial charge in [0.15, 0.2) is 17.3 Å². The number of anilines is 1. The number of carbonyl (C=O) groups is 1. The van der Waals surface area contributed by atoms with Gasteiger partial charge in [0.05, 0.1) is 0 Å². The zero-order chi connectivity index (χ0) is 17.9. The number of carbonyl (C=O) groups excluding carboxylic acids is 1. The molecule has 1 aliphatic heterocycles. The lowest BCUT2D eigenvalue weighted by molar-refractivity contribution is 0.0969. The summed E-state index contributed by atoms with van der Waals surface area (Å²) >= 11 is 5.94. The zero-order valence-corrected chi connectivity index (χ0v) is 14.4. The highest BCUT2D eigenvalue weighted by atomic mass is 35.5. The number of nitrogens with one attached hydrogen (secondary N) is 1. The van der Waals surface area contributed by atoms with Crippen LogP contribution in [0.3, 0.4) is 0 Å². The van der Waals surface area contributed by atoms with Crippen LogP contribution in [0.5, 0.6) is 11.5 Å². The van der Waals surface area contributed by atoms with E-state index in [0.717, 1.165) is 5.56 Å². The van der Waals surface area contributed by atoms with E-state index in [1.54, 1.807) is 36.5 Å². The number of rotatable bonds is 5. The molecule has 26 heavy (non-hydrogen) atoms. The fourth-order valence-electron chi connectivity index (χ4n) is 2.77. The average molecular weight is 367 g/mol. The van der Waals surface area contributed by atoms with Gasteiger partial charge in [-0.3, -0.25) is 4.79 Å². The van der Waals surface area contributed by atoms with E-state index < -0.39 is 6.04 Å². The summed E-state index contributed by atoms with van der Waals surface area (Å²) in [6.07, 6.45) is 1.67. The third-order valence-corrected chi connectivity index (χ3v) is 4.33. The van der Waals surface area contributed by atoms with Gasteiger partial charge in [0.2, 0.25) is 6.79 Å². The number of hydrogen-bond donors (Lipinski definition) is 1. The number of Topliss-reactive ketones (excluding diaryl/α,β-unsaturated/α-hetero) is 1. The standard InChI is InChI=1S/C20H15ClN2O3/c21-15-7-4-13(5-8-15)20(24)19(23-18-3-1-2-10-22-18)14-6-9-16-17(11-14)26-12-25-16/h1-11,19H,12H2,(H,22,23). The summed E-state index contributed by atoms with van der Waals surface area (Å²) in [6.45, 7) is 0.183.